The molecule has 12 heavy (non-hydrogen) atoms. The first kappa shape index (κ1) is 9.81. The standard InChI is InChI=1S/C8H13ClO3/c1-7(2)5(6(10)11)8(7,3)12-4-9/h5H,4H2,1-3H3,(H,10,11). The highest BCUT2D eigenvalue weighted by Crippen LogP contribution is 2.63. The normalized spacial score (nSPS) is 37.8. The average molecular weight is 193 g/mol. The van der Waals surface area contributed by atoms with Crippen molar-refractivity contribution in [2.45, 2.75) is 26.4 Å². The van der Waals surface area contributed by atoms with Gasteiger partial charge in [0.05, 0.1) is 11.5 Å². The maximum absolute atomic E-state index is 10.7. The van der Waals surface area contributed by atoms with Crippen LogP contribution >= 0.6 is 11.6 Å². The van der Waals surface area contributed by atoms with Gasteiger partial charge >= 0.3 is 5.97 Å². The van der Waals surface area contributed by atoms with Crippen molar-refractivity contribution in [1.29, 1.82) is 0 Å². The van der Waals surface area contributed by atoms with Gasteiger partial charge in [0.2, 0.25) is 0 Å². The summed E-state index contributed by atoms with van der Waals surface area (Å²) < 4.78 is 5.21. The molecule has 0 radical (unpaired) electrons. The lowest BCUT2D eigenvalue weighted by Gasteiger charge is -2.12. The lowest BCUT2D eigenvalue weighted by Crippen LogP contribution is -2.18. The molecule has 1 aliphatic carbocycles. The van der Waals surface area contributed by atoms with Crippen molar-refractivity contribution in [2.75, 3.05) is 6.07 Å². The van der Waals surface area contributed by atoms with Gasteiger partial charge in [0.1, 0.15) is 6.07 Å². The minimum atomic E-state index is -0.812. The molecule has 2 atom stereocenters. The Morgan fingerprint density at radius 3 is 2.33 bits per heavy atom. The molecule has 1 fully saturated rings. The Hall–Kier alpha value is -0.280. The number of alkyl halides is 1. The summed E-state index contributed by atoms with van der Waals surface area (Å²) in [6.07, 6.45) is 0. The van der Waals surface area contributed by atoms with E-state index in [9.17, 15) is 4.79 Å². The minimum Gasteiger partial charge on any atom is -0.481 e. The van der Waals surface area contributed by atoms with Gasteiger partial charge in [-0.3, -0.25) is 4.79 Å². The molecule has 0 amide bonds. The molecule has 70 valence electrons. The third kappa shape index (κ3) is 1.04. The van der Waals surface area contributed by atoms with Crippen LogP contribution in [-0.2, 0) is 9.53 Å². The average Bonchev–Trinajstić information content (AvgIpc) is 2.26. The molecule has 3 nitrogen and oxygen atoms in total. The lowest BCUT2D eigenvalue weighted by atomic mass is 10.1. The third-order valence-electron chi connectivity index (χ3n) is 3.07. The van der Waals surface area contributed by atoms with Crippen LogP contribution in [0.2, 0.25) is 0 Å². The van der Waals surface area contributed by atoms with E-state index >= 15 is 0 Å². The number of carboxylic acid groups (broad SMARTS) is 1. The zero-order chi connectivity index (χ0) is 9.57. The molecular formula is C8H13ClO3. The van der Waals surface area contributed by atoms with Crippen molar-refractivity contribution in [3.8, 4) is 0 Å². The molecule has 1 aliphatic rings. The SMILES string of the molecule is CC1(C)C(C(=O)O)C1(C)OCCl. The molecule has 0 aromatic heterocycles. The van der Waals surface area contributed by atoms with Crippen molar-refractivity contribution in [3.63, 3.8) is 0 Å². The number of hydrogen-bond acceptors (Lipinski definition) is 2. The van der Waals surface area contributed by atoms with Gasteiger partial charge in [-0.1, -0.05) is 25.4 Å². The van der Waals surface area contributed by atoms with E-state index in [1.165, 1.54) is 0 Å². The van der Waals surface area contributed by atoms with E-state index in [0.29, 0.717) is 0 Å². The quantitative estimate of drug-likeness (QED) is 0.693. The smallest absolute Gasteiger partial charge is 0.310 e. The van der Waals surface area contributed by atoms with E-state index in [-0.39, 0.29) is 11.5 Å². The number of aliphatic carboxylic acids is 1. The Morgan fingerprint density at radius 1 is 1.58 bits per heavy atom. The Morgan fingerprint density at radius 2 is 2.08 bits per heavy atom. The monoisotopic (exact) mass is 192 g/mol. The topological polar surface area (TPSA) is 46.5 Å². The van der Waals surface area contributed by atoms with Crippen LogP contribution in [0.4, 0.5) is 0 Å². The van der Waals surface area contributed by atoms with Gasteiger partial charge in [-0.2, -0.15) is 0 Å². The number of rotatable bonds is 3. The largest absolute Gasteiger partial charge is 0.481 e. The summed E-state index contributed by atoms with van der Waals surface area (Å²) >= 11 is 5.41. The second kappa shape index (κ2) is 2.60. The summed E-state index contributed by atoms with van der Waals surface area (Å²) in [5, 5.41) is 8.83. The van der Waals surface area contributed by atoms with Gasteiger partial charge in [0, 0.05) is 5.41 Å². The van der Waals surface area contributed by atoms with E-state index in [2.05, 4.69) is 0 Å². The van der Waals surface area contributed by atoms with Crippen LogP contribution in [0.15, 0.2) is 0 Å². The molecule has 0 aromatic carbocycles. The van der Waals surface area contributed by atoms with Gasteiger partial charge in [-0.05, 0) is 6.92 Å². The molecule has 0 spiro atoms. The molecule has 1 saturated carbocycles. The highest BCUT2D eigenvalue weighted by Gasteiger charge is 2.73. The summed E-state index contributed by atoms with van der Waals surface area (Å²) in [4.78, 5) is 10.7. The third-order valence-corrected chi connectivity index (χ3v) is 3.18. The van der Waals surface area contributed by atoms with E-state index in [4.69, 9.17) is 21.4 Å². The minimum absolute atomic E-state index is 0.0453. The van der Waals surface area contributed by atoms with Gasteiger partial charge < -0.3 is 9.84 Å². The van der Waals surface area contributed by atoms with Crippen molar-refractivity contribution in [2.24, 2.45) is 11.3 Å². The maximum Gasteiger partial charge on any atom is 0.310 e. The molecule has 0 bridgehead atoms. The van der Waals surface area contributed by atoms with Crippen molar-refractivity contribution >= 4 is 17.6 Å². The summed E-state index contributed by atoms with van der Waals surface area (Å²) in [5.41, 5.74) is -0.908. The van der Waals surface area contributed by atoms with Crippen molar-refractivity contribution in [3.05, 3.63) is 0 Å². The second-order valence-electron chi connectivity index (χ2n) is 3.85. The molecule has 0 saturated heterocycles. The van der Waals surface area contributed by atoms with Gasteiger partial charge in [0.15, 0.2) is 0 Å². The fourth-order valence-electron chi connectivity index (χ4n) is 1.87. The fourth-order valence-corrected chi connectivity index (χ4v) is 2.09. The summed E-state index contributed by atoms with van der Waals surface area (Å²) in [6, 6.07) is 0.0453. The molecule has 0 aromatic rings. The van der Waals surface area contributed by atoms with Crippen LogP contribution in [-0.4, -0.2) is 22.7 Å². The number of ether oxygens (including phenoxy) is 1. The number of hydrogen-bond donors (Lipinski definition) is 1. The van der Waals surface area contributed by atoms with Crippen molar-refractivity contribution in [1.82, 2.24) is 0 Å². The molecular weight excluding hydrogens is 180 g/mol. The van der Waals surface area contributed by atoms with E-state index in [1.54, 1.807) is 6.92 Å². The van der Waals surface area contributed by atoms with Crippen LogP contribution < -0.4 is 0 Å². The summed E-state index contributed by atoms with van der Waals surface area (Å²) in [7, 11) is 0. The van der Waals surface area contributed by atoms with Crippen LogP contribution in [0.5, 0.6) is 0 Å². The predicted molar refractivity (Wildman–Crippen MR) is 45.1 cm³/mol. The number of carboxylic acids is 1. The molecule has 1 rings (SSSR count). The predicted octanol–water partition coefficient (Wildman–Crippen LogP) is 1.70. The number of carbonyl (C=O) groups is 1. The summed E-state index contributed by atoms with van der Waals surface area (Å²) in [5.74, 6) is -1.25. The second-order valence-corrected chi connectivity index (χ2v) is 4.07. The van der Waals surface area contributed by atoms with Crippen molar-refractivity contribution < 1.29 is 14.6 Å². The highest BCUT2D eigenvalue weighted by atomic mass is 35.5. The Bertz CT molecular complexity index is 214. The molecule has 2 unspecified atom stereocenters. The van der Waals surface area contributed by atoms with Crippen LogP contribution in [0.25, 0.3) is 0 Å². The van der Waals surface area contributed by atoms with Crippen LogP contribution in [0.1, 0.15) is 20.8 Å². The Balaban J connectivity index is 2.76. The highest BCUT2D eigenvalue weighted by molar-refractivity contribution is 6.17. The van der Waals surface area contributed by atoms with Gasteiger partial charge in [-0.25, -0.2) is 0 Å². The Kier molecular flexibility index (Phi) is 2.13. The fraction of sp³-hybridized carbons (Fsp3) is 0.875. The van der Waals surface area contributed by atoms with Gasteiger partial charge in [-0.15, -0.1) is 0 Å². The number of halogens is 1. The van der Waals surface area contributed by atoms with Crippen LogP contribution in [0, 0.1) is 11.3 Å². The first-order valence-electron chi connectivity index (χ1n) is 3.80. The molecule has 4 heteroatoms. The first-order chi connectivity index (χ1) is 5.38. The van der Waals surface area contributed by atoms with Gasteiger partial charge in [0.25, 0.3) is 0 Å². The van der Waals surface area contributed by atoms with E-state index in [1.807, 2.05) is 13.8 Å². The zero-order valence-corrected chi connectivity index (χ0v) is 8.18. The molecule has 0 heterocycles. The van der Waals surface area contributed by atoms with Crippen LogP contribution in [0.3, 0.4) is 0 Å². The molecule has 1 N–H and O–H groups in total. The maximum atomic E-state index is 10.7. The molecule has 0 aliphatic heterocycles. The van der Waals surface area contributed by atoms with E-state index in [0.717, 1.165) is 0 Å². The Labute approximate surface area is 76.7 Å². The van der Waals surface area contributed by atoms with E-state index < -0.39 is 17.5 Å². The zero-order valence-electron chi connectivity index (χ0n) is 7.43. The lowest BCUT2D eigenvalue weighted by molar-refractivity contribution is -0.140. The first-order valence-corrected chi connectivity index (χ1v) is 4.34. The summed E-state index contributed by atoms with van der Waals surface area (Å²) in [6.45, 7) is 5.53.